The van der Waals surface area contributed by atoms with Crippen LogP contribution in [0, 0.1) is 0 Å². The van der Waals surface area contributed by atoms with E-state index in [0.29, 0.717) is 5.56 Å². The Morgan fingerprint density at radius 3 is 1.89 bits per heavy atom. The van der Waals surface area contributed by atoms with Crippen molar-refractivity contribution in [1.82, 2.24) is 0 Å². The van der Waals surface area contributed by atoms with Gasteiger partial charge in [0.1, 0.15) is 0 Å². The number of halogens is 3. The number of ether oxygens (including phenoxy) is 1. The van der Waals surface area contributed by atoms with Crippen molar-refractivity contribution in [2.45, 2.75) is 12.3 Å². The van der Waals surface area contributed by atoms with Gasteiger partial charge in [0, 0.05) is 11.1 Å². The fourth-order valence-electron chi connectivity index (χ4n) is 2.73. The van der Waals surface area contributed by atoms with Crippen LogP contribution in [0.15, 0.2) is 84.9 Å². The second-order valence-electron chi connectivity index (χ2n) is 5.97. The average molecular weight is 384 g/mol. The molecule has 142 valence electrons. The number of hydrogen-bond donors (Lipinski definition) is 0. The van der Waals surface area contributed by atoms with Gasteiger partial charge >= 0.3 is 12.1 Å². The van der Waals surface area contributed by atoms with Gasteiger partial charge in [0.05, 0.1) is 11.1 Å². The first-order valence-electron chi connectivity index (χ1n) is 8.39. The first-order chi connectivity index (χ1) is 13.4. The molecule has 0 N–H and O–H groups in total. The molecule has 0 unspecified atom stereocenters. The normalized spacial score (nSPS) is 12.2. The monoisotopic (exact) mass is 384 g/mol. The van der Waals surface area contributed by atoms with E-state index in [2.05, 4.69) is 0 Å². The average Bonchev–Trinajstić information content (AvgIpc) is 2.72. The van der Waals surface area contributed by atoms with Crippen LogP contribution in [0.2, 0.25) is 0 Å². The number of rotatable bonds is 5. The highest BCUT2D eigenvalue weighted by Crippen LogP contribution is 2.33. The van der Waals surface area contributed by atoms with Gasteiger partial charge in [0.25, 0.3) is 0 Å². The number of ketones is 1. The van der Waals surface area contributed by atoms with Crippen molar-refractivity contribution < 1.29 is 27.5 Å². The molecular formula is C22H15F3O3. The number of carbonyl (C=O) groups is 2. The lowest BCUT2D eigenvalue weighted by molar-refractivity contribution is -0.138. The SMILES string of the molecule is O=C(O[C@@H](C(=O)c1ccccc1)c1ccccc1)c1ccccc1C(F)(F)F. The van der Waals surface area contributed by atoms with Gasteiger partial charge in [0.15, 0.2) is 6.10 Å². The molecule has 0 radical (unpaired) electrons. The molecule has 3 nitrogen and oxygen atoms in total. The fraction of sp³-hybridized carbons (Fsp3) is 0.0909. The molecule has 0 aliphatic carbocycles. The molecule has 0 heterocycles. The molecule has 0 fully saturated rings. The Morgan fingerprint density at radius 2 is 1.29 bits per heavy atom. The number of carbonyl (C=O) groups excluding carboxylic acids is 2. The first-order valence-corrected chi connectivity index (χ1v) is 8.39. The van der Waals surface area contributed by atoms with Gasteiger partial charge in [-0.1, -0.05) is 72.8 Å². The van der Waals surface area contributed by atoms with E-state index < -0.39 is 35.2 Å². The van der Waals surface area contributed by atoms with Crippen LogP contribution in [0.5, 0.6) is 0 Å². The molecule has 3 aromatic rings. The van der Waals surface area contributed by atoms with Crippen LogP contribution < -0.4 is 0 Å². The third kappa shape index (κ3) is 4.28. The number of Topliss-reactive ketones (excluding diaryl/α,β-unsaturated/α-hetero) is 1. The number of hydrogen-bond acceptors (Lipinski definition) is 3. The summed E-state index contributed by atoms with van der Waals surface area (Å²) in [5, 5.41) is 0. The largest absolute Gasteiger partial charge is 0.445 e. The molecule has 0 bridgehead atoms. The minimum atomic E-state index is -4.72. The van der Waals surface area contributed by atoms with Crippen LogP contribution in [0.1, 0.15) is 37.9 Å². The first kappa shape index (κ1) is 19.4. The standard InChI is InChI=1S/C22H15F3O3/c23-22(24,25)18-14-8-7-13-17(18)21(27)28-20(16-11-5-2-6-12-16)19(26)15-9-3-1-4-10-15/h1-14,20H/t20-/m1/s1. The van der Waals surface area contributed by atoms with Gasteiger partial charge in [-0.3, -0.25) is 4.79 Å². The maximum Gasteiger partial charge on any atom is 0.417 e. The molecule has 3 rings (SSSR count). The third-order valence-corrected chi connectivity index (χ3v) is 4.08. The predicted molar refractivity (Wildman–Crippen MR) is 96.8 cm³/mol. The molecule has 0 aliphatic rings. The molecule has 0 saturated heterocycles. The van der Waals surface area contributed by atoms with E-state index >= 15 is 0 Å². The maximum atomic E-state index is 13.2. The van der Waals surface area contributed by atoms with E-state index in [0.717, 1.165) is 12.1 Å². The van der Waals surface area contributed by atoms with E-state index in [-0.39, 0.29) is 5.56 Å². The van der Waals surface area contributed by atoms with Crippen LogP contribution in [0.25, 0.3) is 0 Å². The topological polar surface area (TPSA) is 43.4 Å². The number of benzene rings is 3. The van der Waals surface area contributed by atoms with Crippen LogP contribution in [-0.2, 0) is 10.9 Å². The van der Waals surface area contributed by atoms with Crippen molar-refractivity contribution in [3.05, 3.63) is 107 Å². The quantitative estimate of drug-likeness (QED) is 0.432. The Labute approximate surface area is 159 Å². The lowest BCUT2D eigenvalue weighted by Gasteiger charge is -2.19. The van der Waals surface area contributed by atoms with Crippen LogP contribution in [0.3, 0.4) is 0 Å². The van der Waals surface area contributed by atoms with Gasteiger partial charge in [0.2, 0.25) is 5.78 Å². The van der Waals surface area contributed by atoms with Crippen molar-refractivity contribution in [3.63, 3.8) is 0 Å². The maximum absolute atomic E-state index is 13.2. The summed E-state index contributed by atoms with van der Waals surface area (Å²) in [7, 11) is 0. The highest BCUT2D eigenvalue weighted by atomic mass is 19.4. The Hall–Kier alpha value is -3.41. The van der Waals surface area contributed by atoms with Gasteiger partial charge in [-0.2, -0.15) is 13.2 Å². The summed E-state index contributed by atoms with van der Waals surface area (Å²) in [5.74, 6) is -1.74. The van der Waals surface area contributed by atoms with Crippen molar-refractivity contribution in [2.75, 3.05) is 0 Å². The summed E-state index contributed by atoms with van der Waals surface area (Å²) >= 11 is 0. The summed E-state index contributed by atoms with van der Waals surface area (Å²) < 4.78 is 44.9. The molecule has 0 saturated carbocycles. The van der Waals surface area contributed by atoms with Crippen molar-refractivity contribution in [3.8, 4) is 0 Å². The highest BCUT2D eigenvalue weighted by molar-refractivity contribution is 6.02. The zero-order chi connectivity index (χ0) is 20.1. The Bertz CT molecular complexity index is 967. The smallest absolute Gasteiger partial charge is 0.417 e. The molecular weight excluding hydrogens is 369 g/mol. The fourth-order valence-corrected chi connectivity index (χ4v) is 2.73. The van der Waals surface area contributed by atoms with E-state index in [1.54, 1.807) is 60.7 Å². The Morgan fingerprint density at radius 1 is 0.750 bits per heavy atom. The lowest BCUT2D eigenvalue weighted by atomic mass is 9.99. The van der Waals surface area contributed by atoms with Crippen LogP contribution in [-0.4, -0.2) is 11.8 Å². The molecule has 0 aromatic heterocycles. The van der Waals surface area contributed by atoms with Gasteiger partial charge < -0.3 is 4.74 Å². The van der Waals surface area contributed by atoms with E-state index in [1.807, 2.05) is 0 Å². The molecule has 1 atom stereocenters. The Kier molecular flexibility index (Phi) is 5.59. The zero-order valence-corrected chi connectivity index (χ0v) is 14.5. The highest BCUT2D eigenvalue weighted by Gasteiger charge is 2.36. The van der Waals surface area contributed by atoms with E-state index in [9.17, 15) is 22.8 Å². The molecule has 28 heavy (non-hydrogen) atoms. The van der Waals surface area contributed by atoms with Gasteiger partial charge in [-0.15, -0.1) is 0 Å². The summed E-state index contributed by atoms with van der Waals surface area (Å²) in [5.41, 5.74) is -1.10. The number of alkyl halides is 3. The van der Waals surface area contributed by atoms with Crippen molar-refractivity contribution in [2.24, 2.45) is 0 Å². The molecule has 0 spiro atoms. The summed E-state index contributed by atoms with van der Waals surface area (Å²) in [6, 6.07) is 20.6. The van der Waals surface area contributed by atoms with Gasteiger partial charge in [-0.25, -0.2) is 4.79 Å². The minimum absolute atomic E-state index is 0.285. The summed E-state index contributed by atoms with van der Waals surface area (Å²) in [6.45, 7) is 0. The van der Waals surface area contributed by atoms with E-state index in [4.69, 9.17) is 4.74 Å². The second-order valence-corrected chi connectivity index (χ2v) is 5.97. The molecule has 0 amide bonds. The lowest BCUT2D eigenvalue weighted by Crippen LogP contribution is -2.22. The van der Waals surface area contributed by atoms with Crippen LogP contribution in [0.4, 0.5) is 13.2 Å². The van der Waals surface area contributed by atoms with Gasteiger partial charge in [-0.05, 0) is 12.1 Å². The number of esters is 1. The van der Waals surface area contributed by atoms with Crippen LogP contribution >= 0.6 is 0 Å². The second kappa shape index (κ2) is 8.08. The van der Waals surface area contributed by atoms with Crippen molar-refractivity contribution >= 4 is 11.8 Å². The summed E-state index contributed by atoms with van der Waals surface area (Å²) in [4.78, 5) is 25.5. The van der Waals surface area contributed by atoms with Crippen molar-refractivity contribution in [1.29, 1.82) is 0 Å². The molecule has 0 aliphatic heterocycles. The minimum Gasteiger partial charge on any atom is -0.445 e. The third-order valence-electron chi connectivity index (χ3n) is 4.08. The van der Waals surface area contributed by atoms with E-state index in [1.165, 1.54) is 12.1 Å². The molecule has 6 heteroatoms. The summed E-state index contributed by atoms with van der Waals surface area (Å²) in [6.07, 6.45) is -6.08. The zero-order valence-electron chi connectivity index (χ0n) is 14.5. The predicted octanol–water partition coefficient (Wildman–Crippen LogP) is 5.49. The Balaban J connectivity index is 1.97. The molecule has 3 aromatic carbocycles.